The van der Waals surface area contributed by atoms with Crippen LogP contribution in [0.4, 0.5) is 5.69 Å². The molecule has 0 fully saturated rings. The number of nitrogens with zero attached hydrogens (tertiary/aromatic N) is 2. The van der Waals surface area contributed by atoms with Crippen LogP contribution in [0.15, 0.2) is 59.7 Å². The van der Waals surface area contributed by atoms with E-state index in [4.69, 9.17) is 37.7 Å². The van der Waals surface area contributed by atoms with E-state index in [0.717, 1.165) is 11.3 Å². The zero-order chi connectivity index (χ0) is 24.5. The monoisotopic (exact) mass is 502 g/mol. The maximum Gasteiger partial charge on any atom is 0.340 e. The number of likely N-dealkylation sites (N-methyl/N-ethyl adjacent to an activating group) is 2. The Bertz CT molecular complexity index is 1150. The van der Waals surface area contributed by atoms with Crippen molar-refractivity contribution in [2.45, 2.75) is 31.3 Å². The van der Waals surface area contributed by atoms with Gasteiger partial charge in [0.2, 0.25) is 0 Å². The largest absolute Gasteiger partial charge is 0.464 e. The molecule has 7 nitrogen and oxygen atoms in total. The molecule has 0 spiro atoms. The number of carbonyl (C=O) groups excluding carboxylic acids is 1. The molecule has 0 amide bonds. The molecule has 2 heterocycles. The molecule has 4 rings (SSSR count). The quantitative estimate of drug-likeness (QED) is 0.546. The Morgan fingerprint density at radius 1 is 1.24 bits per heavy atom. The minimum atomic E-state index is -1.36. The van der Waals surface area contributed by atoms with Crippen molar-refractivity contribution in [1.29, 1.82) is 0 Å². The minimum Gasteiger partial charge on any atom is -0.464 e. The average molecular weight is 503 g/mol. The molecule has 2 aliphatic heterocycles. The van der Waals surface area contributed by atoms with E-state index in [9.17, 15) is 4.79 Å². The highest BCUT2D eigenvalue weighted by Crippen LogP contribution is 2.48. The normalized spacial score (nSPS) is 25.5. The number of esters is 1. The second kappa shape index (κ2) is 9.58. The topological polar surface area (TPSA) is 75.2 Å². The summed E-state index contributed by atoms with van der Waals surface area (Å²) in [5.41, 5.74) is 1.67. The Balaban J connectivity index is 1.97. The van der Waals surface area contributed by atoms with E-state index in [2.05, 4.69) is 10.6 Å². The van der Waals surface area contributed by atoms with Crippen LogP contribution in [0.3, 0.4) is 0 Å². The molecule has 0 bridgehead atoms. The van der Waals surface area contributed by atoms with Crippen LogP contribution in [-0.2, 0) is 20.1 Å². The number of methoxy groups -OCH3 is 1. The molecular weight excluding hydrogens is 475 g/mol. The summed E-state index contributed by atoms with van der Waals surface area (Å²) in [5, 5.41) is 7.56. The van der Waals surface area contributed by atoms with Gasteiger partial charge in [0.15, 0.2) is 5.54 Å². The number of nitrogens with one attached hydrogen (secondary N) is 2. The number of hydrogen-bond donors (Lipinski definition) is 2. The number of aliphatic imine (C=N–C) groups is 1. The first kappa shape index (κ1) is 24.5. The minimum absolute atomic E-state index is 0.233. The maximum atomic E-state index is 13.9. The maximum absolute atomic E-state index is 13.9. The summed E-state index contributed by atoms with van der Waals surface area (Å²) in [5.74, 6) is -1.77. The average Bonchev–Trinajstić information content (AvgIpc) is 3.08. The van der Waals surface area contributed by atoms with Gasteiger partial charge in [0.25, 0.3) is 5.85 Å². The second-order valence-corrected chi connectivity index (χ2v) is 8.89. The van der Waals surface area contributed by atoms with Gasteiger partial charge < -0.3 is 25.0 Å². The van der Waals surface area contributed by atoms with Crippen LogP contribution in [0.1, 0.15) is 31.0 Å². The van der Waals surface area contributed by atoms with Crippen molar-refractivity contribution in [1.82, 2.24) is 10.6 Å². The second-order valence-electron chi connectivity index (χ2n) is 8.04. The summed E-state index contributed by atoms with van der Waals surface area (Å²) in [6.45, 7) is 4.67. The van der Waals surface area contributed by atoms with Crippen molar-refractivity contribution in [2.75, 3.05) is 32.2 Å². The summed E-state index contributed by atoms with van der Waals surface area (Å²) in [6, 6.07) is 12.6. The van der Waals surface area contributed by atoms with Crippen molar-refractivity contribution in [3.8, 4) is 0 Å². The van der Waals surface area contributed by atoms with Gasteiger partial charge in [-0.15, -0.1) is 0 Å². The van der Waals surface area contributed by atoms with E-state index < -0.39 is 23.4 Å². The van der Waals surface area contributed by atoms with Crippen LogP contribution in [0.5, 0.6) is 0 Å². The molecule has 0 saturated carbocycles. The lowest BCUT2D eigenvalue weighted by Gasteiger charge is -2.42. The Hall–Kier alpha value is -2.58. The van der Waals surface area contributed by atoms with Gasteiger partial charge in [-0.1, -0.05) is 48.3 Å². The molecule has 2 aliphatic rings. The summed E-state index contributed by atoms with van der Waals surface area (Å²) in [7, 11) is 3.42. The predicted octanol–water partition coefficient (Wildman–Crippen LogP) is 4.41. The SMILES string of the molecule is CCNC1c2ccccc2N(C)C1(C(=O)OCC)C1=NC(OC)(c2ccc(Cl)cc2Cl)NC=C1. The third kappa shape index (κ3) is 3.67. The number of fused-ring (bicyclic) bond motifs is 1. The predicted molar refractivity (Wildman–Crippen MR) is 135 cm³/mol. The zero-order valence-corrected chi connectivity index (χ0v) is 21.1. The van der Waals surface area contributed by atoms with Gasteiger partial charge in [-0.2, -0.15) is 0 Å². The van der Waals surface area contributed by atoms with E-state index >= 15 is 0 Å². The Kier molecular flexibility index (Phi) is 6.92. The van der Waals surface area contributed by atoms with E-state index in [1.54, 1.807) is 37.4 Å². The van der Waals surface area contributed by atoms with Crippen molar-refractivity contribution in [3.63, 3.8) is 0 Å². The number of hydrogen-bond acceptors (Lipinski definition) is 7. The van der Waals surface area contributed by atoms with Gasteiger partial charge in [-0.05, 0) is 49.4 Å². The standard InChI is InChI=1S/C25H28Cl2N4O3/c1-5-28-22-17-9-7-8-10-20(17)31(3)24(22,23(32)34-6-2)21-13-14-29-25(30-21,33-4)18-12-11-16(26)15-19(18)27/h7-15,22,28-29H,5-6H2,1-4H3. The Morgan fingerprint density at radius 2 is 2.00 bits per heavy atom. The van der Waals surface area contributed by atoms with Gasteiger partial charge in [0, 0.05) is 36.6 Å². The molecule has 2 aromatic carbocycles. The van der Waals surface area contributed by atoms with Crippen molar-refractivity contribution >= 4 is 40.6 Å². The highest BCUT2D eigenvalue weighted by Gasteiger charge is 2.60. The number of halogens is 2. The van der Waals surface area contributed by atoms with Crippen LogP contribution in [0.25, 0.3) is 0 Å². The van der Waals surface area contributed by atoms with E-state index in [-0.39, 0.29) is 6.61 Å². The van der Waals surface area contributed by atoms with Gasteiger partial charge in [0.05, 0.1) is 23.4 Å². The molecule has 2 aromatic rings. The van der Waals surface area contributed by atoms with Crippen LogP contribution in [0.2, 0.25) is 10.0 Å². The first-order chi connectivity index (χ1) is 16.4. The molecular formula is C25H28Cl2N4O3. The number of anilines is 1. The molecule has 3 unspecified atom stereocenters. The molecule has 9 heteroatoms. The number of benzene rings is 2. The summed E-state index contributed by atoms with van der Waals surface area (Å²) in [6.07, 6.45) is 3.50. The number of para-hydroxylation sites is 1. The number of rotatable bonds is 7. The first-order valence-electron chi connectivity index (χ1n) is 11.1. The van der Waals surface area contributed by atoms with E-state index in [1.165, 1.54) is 7.11 Å². The highest BCUT2D eigenvalue weighted by molar-refractivity contribution is 6.35. The van der Waals surface area contributed by atoms with Crippen LogP contribution in [-0.4, -0.2) is 44.5 Å². The molecule has 0 radical (unpaired) electrons. The summed E-state index contributed by atoms with van der Waals surface area (Å²) >= 11 is 12.7. The summed E-state index contributed by atoms with van der Waals surface area (Å²) in [4.78, 5) is 20.8. The number of ether oxygens (including phenoxy) is 2. The van der Waals surface area contributed by atoms with Gasteiger partial charge >= 0.3 is 5.97 Å². The summed E-state index contributed by atoms with van der Waals surface area (Å²) < 4.78 is 11.6. The lowest BCUT2D eigenvalue weighted by atomic mass is 9.82. The van der Waals surface area contributed by atoms with Crippen LogP contribution in [0, 0.1) is 0 Å². The molecule has 0 aromatic heterocycles. The fourth-order valence-corrected chi connectivity index (χ4v) is 5.37. The fraction of sp³-hybridized carbons (Fsp3) is 0.360. The van der Waals surface area contributed by atoms with Crippen LogP contribution >= 0.6 is 23.2 Å². The van der Waals surface area contributed by atoms with Gasteiger partial charge in [-0.25, -0.2) is 9.79 Å². The van der Waals surface area contributed by atoms with Gasteiger partial charge in [-0.3, -0.25) is 0 Å². The van der Waals surface area contributed by atoms with Crippen molar-refractivity contribution in [2.24, 2.45) is 4.99 Å². The van der Waals surface area contributed by atoms with Crippen molar-refractivity contribution in [3.05, 3.63) is 75.9 Å². The molecule has 2 N–H and O–H groups in total. The molecule has 0 aliphatic carbocycles. The van der Waals surface area contributed by atoms with Gasteiger partial charge in [0.1, 0.15) is 0 Å². The lowest BCUT2D eigenvalue weighted by Crippen LogP contribution is -2.64. The zero-order valence-electron chi connectivity index (χ0n) is 19.6. The third-order valence-electron chi connectivity index (χ3n) is 6.33. The van der Waals surface area contributed by atoms with Crippen LogP contribution < -0.4 is 15.5 Å². The highest BCUT2D eigenvalue weighted by atomic mass is 35.5. The van der Waals surface area contributed by atoms with E-state index in [1.807, 2.05) is 43.1 Å². The first-order valence-corrected chi connectivity index (χ1v) is 11.9. The Morgan fingerprint density at radius 3 is 2.68 bits per heavy atom. The molecule has 180 valence electrons. The Labute approximate surface area is 209 Å². The molecule has 3 atom stereocenters. The lowest BCUT2D eigenvalue weighted by molar-refractivity contribution is -0.147. The number of carbonyl (C=O) groups is 1. The third-order valence-corrected chi connectivity index (χ3v) is 6.88. The fourth-order valence-electron chi connectivity index (χ4n) is 4.83. The smallest absolute Gasteiger partial charge is 0.340 e. The molecule has 34 heavy (non-hydrogen) atoms. The van der Waals surface area contributed by atoms with E-state index in [0.29, 0.717) is 27.9 Å². The van der Waals surface area contributed by atoms with Crippen molar-refractivity contribution < 1.29 is 14.3 Å². The molecule has 0 saturated heterocycles.